The molecule has 0 amide bonds. The molecule has 0 bridgehead atoms. The summed E-state index contributed by atoms with van der Waals surface area (Å²) in [5.74, 6) is -0.923. The van der Waals surface area contributed by atoms with E-state index < -0.39 is 17.7 Å². The van der Waals surface area contributed by atoms with E-state index in [1.807, 2.05) is 12.1 Å². The Morgan fingerprint density at radius 1 is 1.10 bits per heavy atom. The van der Waals surface area contributed by atoms with Crippen molar-refractivity contribution in [1.82, 2.24) is 9.88 Å². The topological polar surface area (TPSA) is 51.4 Å². The molecule has 1 radical (unpaired) electrons. The Hall–Kier alpha value is -2.70. The minimum atomic E-state index is -0.864. The molecule has 3 aromatic rings. The molecule has 4 nitrogen and oxygen atoms in total. The van der Waals surface area contributed by atoms with Gasteiger partial charge in [-0.2, -0.15) is 0 Å². The first-order valence-corrected chi connectivity index (χ1v) is 10.5. The number of likely N-dealkylation sites (tertiary alicyclic amines) is 1. The van der Waals surface area contributed by atoms with Crippen molar-refractivity contribution in [2.75, 3.05) is 18.8 Å². The molecule has 2 aromatic carbocycles. The Morgan fingerprint density at radius 2 is 1.84 bits per heavy atom. The van der Waals surface area contributed by atoms with Gasteiger partial charge in [-0.3, -0.25) is 4.90 Å². The quantitative estimate of drug-likeness (QED) is 0.475. The Morgan fingerprint density at radius 3 is 2.61 bits per heavy atom. The third kappa shape index (κ3) is 4.81. The Labute approximate surface area is 185 Å². The Kier molecular flexibility index (Phi) is 6.39. The predicted octanol–water partition coefficient (Wildman–Crippen LogP) is 6.01. The van der Waals surface area contributed by atoms with E-state index in [1.165, 1.54) is 12.8 Å². The van der Waals surface area contributed by atoms with Crippen LogP contribution in [-0.4, -0.2) is 23.0 Å². The fourth-order valence-corrected chi connectivity index (χ4v) is 4.06. The molecule has 2 N–H and O–H groups in total. The highest BCUT2D eigenvalue weighted by atomic mass is 35.5. The number of nitrogens with zero attached hydrogens (tertiary/aromatic N) is 2. The largest absolute Gasteiger partial charge is 0.482 e. The van der Waals surface area contributed by atoms with Crippen molar-refractivity contribution in [3.8, 4) is 16.9 Å². The molecule has 1 atom stereocenters. The van der Waals surface area contributed by atoms with E-state index in [-0.39, 0.29) is 22.2 Å². The Balaban J connectivity index is 1.59. The minimum absolute atomic E-state index is 0.0614. The van der Waals surface area contributed by atoms with Gasteiger partial charge in [0, 0.05) is 17.3 Å². The first kappa shape index (κ1) is 21.5. The molecule has 1 aliphatic heterocycles. The normalized spacial score (nSPS) is 15.2. The Bertz CT molecular complexity index is 1090. The van der Waals surface area contributed by atoms with E-state index in [0.29, 0.717) is 0 Å². The number of benzene rings is 2. The number of ether oxygens (including phenoxy) is 1. The van der Waals surface area contributed by atoms with Gasteiger partial charge >= 0.3 is 0 Å². The maximum Gasteiger partial charge on any atom is 0.166 e. The standard InChI is InChI=1S/C24H23ClF2N3O/c1-15(22-19(26)7-8-20(27)23(22)25)31-21-12-18(13-29-24(21)28)17-6-4-5-16(11-17)14-30-9-2-3-10-30/h4-8,11-15H,2-3,9-10H2,1H3,(H2,28,29)/t15-/m1/s1. The SMILES string of the molecule is C[C@@H](Oc1cc(-c2cccc([CH]N3CCCC3)c2)cnc1N)c1c(F)ccc(F)c1Cl. The van der Waals surface area contributed by atoms with Crippen LogP contribution in [0.3, 0.4) is 0 Å². The molecular formula is C24H23ClF2N3O. The van der Waals surface area contributed by atoms with Crippen LogP contribution in [0.1, 0.15) is 37.0 Å². The summed E-state index contributed by atoms with van der Waals surface area (Å²) in [6, 6.07) is 11.8. The average Bonchev–Trinajstić information content (AvgIpc) is 3.26. The zero-order valence-electron chi connectivity index (χ0n) is 17.1. The van der Waals surface area contributed by atoms with Gasteiger partial charge in [0.1, 0.15) is 17.7 Å². The van der Waals surface area contributed by atoms with Crippen LogP contribution in [0.2, 0.25) is 5.02 Å². The van der Waals surface area contributed by atoms with Crippen LogP contribution in [0.5, 0.6) is 5.75 Å². The molecule has 1 aliphatic rings. The third-order valence-electron chi connectivity index (χ3n) is 5.36. The molecule has 1 fully saturated rings. The van der Waals surface area contributed by atoms with Gasteiger partial charge in [-0.25, -0.2) is 13.8 Å². The van der Waals surface area contributed by atoms with Crippen LogP contribution in [0.15, 0.2) is 48.7 Å². The monoisotopic (exact) mass is 442 g/mol. The molecule has 1 saturated heterocycles. The van der Waals surface area contributed by atoms with Crippen LogP contribution in [0.4, 0.5) is 14.6 Å². The van der Waals surface area contributed by atoms with Crippen molar-refractivity contribution < 1.29 is 13.5 Å². The molecule has 0 aliphatic carbocycles. The summed E-state index contributed by atoms with van der Waals surface area (Å²) in [4.78, 5) is 6.54. The van der Waals surface area contributed by atoms with Gasteiger partial charge in [0.15, 0.2) is 11.6 Å². The summed E-state index contributed by atoms with van der Waals surface area (Å²) in [5, 5.41) is -0.305. The fraction of sp³-hybridized carbons (Fsp3) is 0.250. The number of anilines is 1. The maximum absolute atomic E-state index is 14.3. The lowest BCUT2D eigenvalue weighted by Gasteiger charge is -2.19. The zero-order chi connectivity index (χ0) is 22.0. The van der Waals surface area contributed by atoms with Crippen LogP contribution in [0, 0.1) is 18.2 Å². The van der Waals surface area contributed by atoms with E-state index in [9.17, 15) is 8.78 Å². The van der Waals surface area contributed by atoms with Crippen LogP contribution < -0.4 is 10.5 Å². The number of nitrogens with two attached hydrogens (primary N) is 1. The summed E-state index contributed by atoms with van der Waals surface area (Å²) in [7, 11) is 0. The number of pyridine rings is 1. The summed E-state index contributed by atoms with van der Waals surface area (Å²) >= 11 is 5.96. The highest BCUT2D eigenvalue weighted by Gasteiger charge is 2.21. The van der Waals surface area contributed by atoms with Gasteiger partial charge < -0.3 is 10.5 Å². The molecule has 2 heterocycles. The lowest BCUT2D eigenvalue weighted by Crippen LogP contribution is -2.15. The molecular weight excluding hydrogens is 420 g/mol. The second-order valence-corrected chi connectivity index (χ2v) is 8.00. The molecule has 0 saturated carbocycles. The van der Waals surface area contributed by atoms with Crippen molar-refractivity contribution in [3.05, 3.63) is 83.0 Å². The van der Waals surface area contributed by atoms with Gasteiger partial charge in [0.2, 0.25) is 0 Å². The van der Waals surface area contributed by atoms with Crippen molar-refractivity contribution in [2.24, 2.45) is 0 Å². The van der Waals surface area contributed by atoms with Crippen molar-refractivity contribution >= 4 is 17.4 Å². The summed E-state index contributed by atoms with van der Waals surface area (Å²) < 4.78 is 33.9. The van der Waals surface area contributed by atoms with Gasteiger partial charge in [-0.05, 0) is 68.2 Å². The van der Waals surface area contributed by atoms with E-state index >= 15 is 0 Å². The average molecular weight is 443 g/mol. The number of nitrogen functional groups attached to an aromatic ring is 1. The molecule has 31 heavy (non-hydrogen) atoms. The van der Waals surface area contributed by atoms with Crippen molar-refractivity contribution in [1.29, 1.82) is 0 Å². The minimum Gasteiger partial charge on any atom is -0.482 e. The zero-order valence-corrected chi connectivity index (χ0v) is 17.9. The molecule has 161 valence electrons. The number of rotatable bonds is 6. The smallest absolute Gasteiger partial charge is 0.166 e. The van der Waals surface area contributed by atoms with E-state index in [1.54, 1.807) is 19.2 Å². The number of hydrogen-bond acceptors (Lipinski definition) is 4. The maximum atomic E-state index is 14.3. The molecule has 0 spiro atoms. The van der Waals surface area contributed by atoms with E-state index in [2.05, 4.69) is 28.6 Å². The highest BCUT2D eigenvalue weighted by Crippen LogP contribution is 2.35. The number of aromatic nitrogens is 1. The molecule has 4 rings (SSSR count). The van der Waals surface area contributed by atoms with Crippen LogP contribution in [-0.2, 0) is 0 Å². The van der Waals surface area contributed by atoms with Crippen LogP contribution >= 0.6 is 11.6 Å². The summed E-state index contributed by atoms with van der Waals surface area (Å²) in [5.41, 5.74) is 8.78. The van der Waals surface area contributed by atoms with Gasteiger partial charge in [-0.15, -0.1) is 0 Å². The first-order chi connectivity index (χ1) is 14.9. The molecule has 7 heteroatoms. The van der Waals surface area contributed by atoms with E-state index in [4.69, 9.17) is 22.1 Å². The van der Waals surface area contributed by atoms with Gasteiger partial charge in [0.25, 0.3) is 0 Å². The van der Waals surface area contributed by atoms with Gasteiger partial charge in [0.05, 0.1) is 11.6 Å². The predicted molar refractivity (Wildman–Crippen MR) is 119 cm³/mol. The van der Waals surface area contributed by atoms with Crippen molar-refractivity contribution in [2.45, 2.75) is 25.9 Å². The first-order valence-electron chi connectivity index (χ1n) is 10.2. The third-order valence-corrected chi connectivity index (χ3v) is 5.75. The fourth-order valence-electron chi connectivity index (χ4n) is 3.75. The lowest BCUT2D eigenvalue weighted by atomic mass is 10.0. The van der Waals surface area contributed by atoms with E-state index in [0.717, 1.165) is 41.9 Å². The lowest BCUT2D eigenvalue weighted by molar-refractivity contribution is 0.221. The van der Waals surface area contributed by atoms with Crippen LogP contribution in [0.25, 0.3) is 11.1 Å². The highest BCUT2D eigenvalue weighted by molar-refractivity contribution is 6.31. The molecule has 0 unspecified atom stereocenters. The second-order valence-electron chi connectivity index (χ2n) is 7.62. The summed E-state index contributed by atoms with van der Waals surface area (Å²) in [6.45, 7) is 5.89. The van der Waals surface area contributed by atoms with Gasteiger partial charge in [-0.1, -0.05) is 29.8 Å². The number of hydrogen-bond donors (Lipinski definition) is 1. The summed E-state index contributed by atoms with van der Waals surface area (Å²) in [6.07, 6.45) is 3.23. The second kappa shape index (κ2) is 9.20. The van der Waals surface area contributed by atoms with Crippen molar-refractivity contribution in [3.63, 3.8) is 0 Å². The molecule has 1 aromatic heterocycles. The number of halogens is 3.